The van der Waals surface area contributed by atoms with E-state index in [-0.39, 0.29) is 16.4 Å². The Hall–Kier alpha value is -2.98. The maximum absolute atomic E-state index is 13.0. The van der Waals surface area contributed by atoms with Crippen molar-refractivity contribution in [2.45, 2.75) is 37.2 Å². The summed E-state index contributed by atoms with van der Waals surface area (Å²) < 4.78 is 61.7. The third kappa shape index (κ3) is 6.75. The Balaban J connectivity index is 1.69. The number of ether oxygens (including phenoxy) is 2. The molecule has 1 aliphatic rings. The number of nitrogens with zero attached hydrogens (tertiary/aromatic N) is 1. The molecule has 0 aromatic heterocycles. The molecule has 1 fully saturated rings. The molecule has 0 aliphatic carbocycles. The molecule has 0 radical (unpaired) electrons. The summed E-state index contributed by atoms with van der Waals surface area (Å²) in [7, 11) is -2.31. The SMILES string of the molecule is COc1cc(C=CC(=O)Nc2cccc(S(=O)(=O)N3CCCCCC3)c2)ccc1OC(F)F. The first-order valence-electron chi connectivity index (χ1n) is 10.5. The monoisotopic (exact) mass is 480 g/mol. The second-order valence-electron chi connectivity index (χ2n) is 7.46. The molecule has 1 aliphatic heterocycles. The van der Waals surface area contributed by atoms with Crippen LogP contribution in [0.2, 0.25) is 0 Å². The molecule has 0 bridgehead atoms. The Morgan fingerprint density at radius 1 is 1.06 bits per heavy atom. The van der Waals surface area contributed by atoms with Gasteiger partial charge < -0.3 is 14.8 Å². The summed E-state index contributed by atoms with van der Waals surface area (Å²) in [5, 5.41) is 2.64. The fourth-order valence-corrected chi connectivity index (χ4v) is 5.07. The number of anilines is 1. The number of alkyl halides is 2. The van der Waals surface area contributed by atoms with E-state index in [1.165, 1.54) is 53.9 Å². The number of methoxy groups -OCH3 is 1. The first-order valence-corrected chi connectivity index (χ1v) is 12.0. The highest BCUT2D eigenvalue weighted by Gasteiger charge is 2.25. The summed E-state index contributed by atoms with van der Waals surface area (Å²) >= 11 is 0. The topological polar surface area (TPSA) is 84.9 Å². The van der Waals surface area contributed by atoms with Gasteiger partial charge in [0.2, 0.25) is 15.9 Å². The lowest BCUT2D eigenvalue weighted by Crippen LogP contribution is -2.32. The number of nitrogens with one attached hydrogen (secondary N) is 1. The van der Waals surface area contributed by atoms with Gasteiger partial charge in [0, 0.05) is 24.9 Å². The summed E-state index contributed by atoms with van der Waals surface area (Å²) in [6, 6.07) is 10.4. The highest BCUT2D eigenvalue weighted by atomic mass is 32.2. The molecule has 2 aromatic carbocycles. The molecule has 0 unspecified atom stereocenters. The zero-order valence-corrected chi connectivity index (χ0v) is 19.0. The van der Waals surface area contributed by atoms with Crippen LogP contribution in [0.5, 0.6) is 11.5 Å². The average molecular weight is 481 g/mol. The zero-order valence-electron chi connectivity index (χ0n) is 18.2. The van der Waals surface area contributed by atoms with Crippen LogP contribution in [0.15, 0.2) is 53.4 Å². The standard InChI is InChI=1S/C23H26F2N2O5S/c1-31-21-15-17(9-11-20(21)32-23(24)25)10-12-22(28)26-18-7-6-8-19(16-18)33(29,30)27-13-4-2-3-5-14-27/h6-12,15-16,23H,2-5,13-14H2,1H3,(H,26,28). The number of hydrogen-bond acceptors (Lipinski definition) is 5. The summed E-state index contributed by atoms with van der Waals surface area (Å²) in [4.78, 5) is 12.5. The van der Waals surface area contributed by atoms with Crippen molar-refractivity contribution in [3.63, 3.8) is 0 Å². The Kier molecular flexibility index (Phi) is 8.40. The molecule has 1 heterocycles. The molecule has 33 heavy (non-hydrogen) atoms. The second kappa shape index (κ2) is 11.2. The van der Waals surface area contributed by atoms with Crippen molar-refractivity contribution in [2.75, 3.05) is 25.5 Å². The van der Waals surface area contributed by atoms with Gasteiger partial charge in [0.1, 0.15) is 0 Å². The van der Waals surface area contributed by atoms with E-state index in [0.29, 0.717) is 24.3 Å². The van der Waals surface area contributed by atoms with Gasteiger partial charge in [-0.15, -0.1) is 0 Å². The Labute approximate surface area is 192 Å². The second-order valence-corrected chi connectivity index (χ2v) is 9.40. The van der Waals surface area contributed by atoms with E-state index < -0.39 is 22.5 Å². The Morgan fingerprint density at radius 3 is 2.45 bits per heavy atom. The van der Waals surface area contributed by atoms with Crippen LogP contribution in [0, 0.1) is 0 Å². The zero-order chi connectivity index (χ0) is 23.8. The van der Waals surface area contributed by atoms with E-state index in [0.717, 1.165) is 25.7 Å². The molecule has 7 nitrogen and oxygen atoms in total. The number of hydrogen-bond donors (Lipinski definition) is 1. The van der Waals surface area contributed by atoms with Gasteiger partial charge in [-0.05, 0) is 54.8 Å². The van der Waals surface area contributed by atoms with E-state index in [2.05, 4.69) is 10.1 Å². The number of halogens is 2. The third-order valence-electron chi connectivity index (χ3n) is 5.14. The Morgan fingerprint density at radius 2 is 1.79 bits per heavy atom. The lowest BCUT2D eigenvalue weighted by Gasteiger charge is -2.20. The van der Waals surface area contributed by atoms with Gasteiger partial charge in [0.15, 0.2) is 11.5 Å². The number of carbonyl (C=O) groups excluding carboxylic acids is 1. The molecule has 1 amide bonds. The van der Waals surface area contributed by atoms with Crippen molar-refractivity contribution in [1.29, 1.82) is 0 Å². The first kappa shape index (κ1) is 24.7. The number of rotatable bonds is 8. The smallest absolute Gasteiger partial charge is 0.387 e. The molecule has 1 N–H and O–H groups in total. The minimum absolute atomic E-state index is 0.101. The Bertz CT molecular complexity index is 1100. The van der Waals surface area contributed by atoms with E-state index in [9.17, 15) is 22.0 Å². The summed E-state index contributed by atoms with van der Waals surface area (Å²) in [6.07, 6.45) is 6.42. The van der Waals surface area contributed by atoms with E-state index in [1.54, 1.807) is 12.1 Å². The van der Waals surface area contributed by atoms with Gasteiger partial charge in [-0.2, -0.15) is 13.1 Å². The normalized spacial score (nSPS) is 15.4. The molecule has 3 rings (SSSR count). The molecular weight excluding hydrogens is 454 g/mol. The van der Waals surface area contributed by atoms with Crippen LogP contribution in [0.4, 0.5) is 14.5 Å². The van der Waals surface area contributed by atoms with E-state index in [4.69, 9.17) is 4.74 Å². The predicted octanol–water partition coefficient (Wildman–Crippen LogP) is 4.51. The number of sulfonamides is 1. The molecule has 1 saturated heterocycles. The first-order chi connectivity index (χ1) is 15.8. The van der Waals surface area contributed by atoms with Crippen molar-refractivity contribution in [2.24, 2.45) is 0 Å². The summed E-state index contributed by atoms with van der Waals surface area (Å²) in [5.74, 6) is -0.494. The van der Waals surface area contributed by atoms with Gasteiger partial charge in [0.25, 0.3) is 0 Å². The van der Waals surface area contributed by atoms with Gasteiger partial charge in [0.05, 0.1) is 12.0 Å². The minimum atomic E-state index is -3.63. The fraction of sp³-hybridized carbons (Fsp3) is 0.348. The molecular formula is C23H26F2N2O5S. The summed E-state index contributed by atoms with van der Waals surface area (Å²) in [6.45, 7) is -2.00. The van der Waals surface area contributed by atoms with Crippen LogP contribution in [0.3, 0.4) is 0 Å². The third-order valence-corrected chi connectivity index (χ3v) is 7.03. The van der Waals surface area contributed by atoms with E-state index in [1.807, 2.05) is 0 Å². The van der Waals surface area contributed by atoms with Crippen LogP contribution in [0.1, 0.15) is 31.2 Å². The molecule has 2 aromatic rings. The highest BCUT2D eigenvalue weighted by molar-refractivity contribution is 7.89. The maximum Gasteiger partial charge on any atom is 0.387 e. The summed E-state index contributed by atoms with van der Waals surface area (Å²) in [5.41, 5.74) is 0.875. The fourth-order valence-electron chi connectivity index (χ4n) is 3.50. The van der Waals surface area contributed by atoms with Crippen molar-refractivity contribution in [3.05, 3.63) is 54.1 Å². The molecule has 178 valence electrons. The van der Waals surface area contributed by atoms with E-state index >= 15 is 0 Å². The molecule has 0 saturated carbocycles. The van der Waals surface area contributed by atoms with Crippen LogP contribution in [-0.2, 0) is 14.8 Å². The van der Waals surface area contributed by atoms with Crippen LogP contribution >= 0.6 is 0 Å². The number of benzene rings is 2. The maximum atomic E-state index is 13.0. The molecule has 0 spiro atoms. The minimum Gasteiger partial charge on any atom is -0.493 e. The molecule has 10 heteroatoms. The van der Waals surface area contributed by atoms with Crippen LogP contribution in [0.25, 0.3) is 6.08 Å². The highest BCUT2D eigenvalue weighted by Crippen LogP contribution is 2.30. The van der Waals surface area contributed by atoms with Crippen molar-refractivity contribution < 1.29 is 31.5 Å². The molecule has 0 atom stereocenters. The quantitative estimate of drug-likeness (QED) is 0.562. The van der Waals surface area contributed by atoms with Gasteiger partial charge in [-0.25, -0.2) is 8.42 Å². The van der Waals surface area contributed by atoms with Gasteiger partial charge in [-0.3, -0.25) is 4.79 Å². The van der Waals surface area contributed by atoms with Crippen molar-refractivity contribution in [1.82, 2.24) is 4.31 Å². The number of amides is 1. The lowest BCUT2D eigenvalue weighted by molar-refractivity contribution is -0.111. The lowest BCUT2D eigenvalue weighted by atomic mass is 10.2. The van der Waals surface area contributed by atoms with Crippen LogP contribution < -0.4 is 14.8 Å². The van der Waals surface area contributed by atoms with Crippen LogP contribution in [-0.4, -0.2) is 45.4 Å². The number of carbonyl (C=O) groups is 1. The van der Waals surface area contributed by atoms with Crippen molar-refractivity contribution in [3.8, 4) is 11.5 Å². The predicted molar refractivity (Wildman–Crippen MR) is 121 cm³/mol. The van der Waals surface area contributed by atoms with Gasteiger partial charge >= 0.3 is 6.61 Å². The average Bonchev–Trinajstić information content (AvgIpc) is 3.08. The van der Waals surface area contributed by atoms with Gasteiger partial charge in [-0.1, -0.05) is 25.0 Å². The largest absolute Gasteiger partial charge is 0.493 e. The van der Waals surface area contributed by atoms with Crippen molar-refractivity contribution >= 4 is 27.7 Å².